The molecule has 0 bridgehead atoms. The highest BCUT2D eigenvalue weighted by Crippen LogP contribution is 2.31. The molecule has 1 aromatic rings. The van der Waals surface area contributed by atoms with Crippen LogP contribution in [-0.2, 0) is 12.8 Å². The van der Waals surface area contributed by atoms with Crippen molar-refractivity contribution >= 4 is 0 Å². The van der Waals surface area contributed by atoms with Gasteiger partial charge in [0.25, 0.3) is 0 Å². The van der Waals surface area contributed by atoms with Gasteiger partial charge < -0.3 is 0 Å². The summed E-state index contributed by atoms with van der Waals surface area (Å²) in [6.07, 6.45) is 14.8. The molecule has 0 atom stereocenters. The number of rotatable bonds is 8. The summed E-state index contributed by atoms with van der Waals surface area (Å²) in [5.74, 6) is 1.97. The van der Waals surface area contributed by atoms with Gasteiger partial charge in [-0.1, -0.05) is 64.9 Å². The van der Waals surface area contributed by atoms with Crippen LogP contribution in [0.15, 0.2) is 18.2 Å². The maximum absolute atomic E-state index is 4.84. The fourth-order valence-electron chi connectivity index (χ4n) is 3.55. The van der Waals surface area contributed by atoms with Crippen LogP contribution in [0.5, 0.6) is 0 Å². The van der Waals surface area contributed by atoms with E-state index in [0.717, 1.165) is 18.3 Å². The zero-order valence-electron chi connectivity index (χ0n) is 14.1. The van der Waals surface area contributed by atoms with Gasteiger partial charge in [-0.25, -0.2) is 0 Å². The molecule has 0 aromatic carbocycles. The normalized spacial score (nSPS) is 22.4. The molecule has 0 radical (unpaired) electrons. The molecule has 1 heteroatoms. The SMILES string of the molecule is CCCCCc1cccc(CCCC2CCC(C)CC2)n1. The number of aryl methyl sites for hydroxylation is 2. The average molecular weight is 287 g/mol. The van der Waals surface area contributed by atoms with E-state index in [2.05, 4.69) is 32.0 Å². The highest BCUT2D eigenvalue weighted by atomic mass is 14.7. The van der Waals surface area contributed by atoms with Crippen molar-refractivity contribution in [1.29, 1.82) is 0 Å². The molecule has 1 aliphatic carbocycles. The Hall–Kier alpha value is -0.850. The van der Waals surface area contributed by atoms with E-state index in [9.17, 15) is 0 Å². The number of hydrogen-bond acceptors (Lipinski definition) is 1. The Kier molecular flexibility index (Phi) is 7.26. The van der Waals surface area contributed by atoms with Gasteiger partial charge in [-0.05, 0) is 49.7 Å². The van der Waals surface area contributed by atoms with Crippen molar-refractivity contribution in [1.82, 2.24) is 4.98 Å². The smallest absolute Gasteiger partial charge is 0.0406 e. The van der Waals surface area contributed by atoms with E-state index in [1.165, 1.54) is 75.6 Å². The summed E-state index contributed by atoms with van der Waals surface area (Å²) in [6.45, 7) is 4.67. The molecule has 2 rings (SSSR count). The lowest BCUT2D eigenvalue weighted by Gasteiger charge is -2.25. The third-order valence-corrected chi connectivity index (χ3v) is 5.08. The fraction of sp³-hybridized carbons (Fsp3) is 0.750. The minimum atomic E-state index is 0.975. The van der Waals surface area contributed by atoms with E-state index in [1.54, 1.807) is 0 Å². The minimum absolute atomic E-state index is 0.975. The van der Waals surface area contributed by atoms with E-state index in [1.807, 2.05) is 0 Å². The van der Waals surface area contributed by atoms with Crippen molar-refractivity contribution in [3.63, 3.8) is 0 Å². The highest BCUT2D eigenvalue weighted by molar-refractivity contribution is 5.11. The van der Waals surface area contributed by atoms with Gasteiger partial charge in [0.05, 0.1) is 0 Å². The van der Waals surface area contributed by atoms with Crippen LogP contribution >= 0.6 is 0 Å². The largest absolute Gasteiger partial charge is 0.258 e. The summed E-state index contributed by atoms with van der Waals surface area (Å²) in [6, 6.07) is 6.61. The van der Waals surface area contributed by atoms with E-state index in [0.29, 0.717) is 0 Å². The maximum atomic E-state index is 4.84. The Morgan fingerprint density at radius 1 is 0.952 bits per heavy atom. The lowest BCUT2D eigenvalue weighted by atomic mass is 9.80. The predicted octanol–water partition coefficient (Wildman–Crippen LogP) is 5.96. The predicted molar refractivity (Wildman–Crippen MR) is 91.5 cm³/mol. The molecule has 21 heavy (non-hydrogen) atoms. The van der Waals surface area contributed by atoms with E-state index in [-0.39, 0.29) is 0 Å². The average Bonchev–Trinajstić information content (AvgIpc) is 2.50. The Balaban J connectivity index is 1.69. The van der Waals surface area contributed by atoms with Gasteiger partial charge in [0, 0.05) is 11.4 Å². The van der Waals surface area contributed by atoms with Gasteiger partial charge in [0.2, 0.25) is 0 Å². The van der Waals surface area contributed by atoms with Crippen LogP contribution in [0.1, 0.15) is 83.0 Å². The molecule has 118 valence electrons. The third-order valence-electron chi connectivity index (χ3n) is 5.08. The van der Waals surface area contributed by atoms with Gasteiger partial charge in [0.15, 0.2) is 0 Å². The second-order valence-corrected chi connectivity index (χ2v) is 7.10. The monoisotopic (exact) mass is 287 g/mol. The second kappa shape index (κ2) is 9.23. The van der Waals surface area contributed by atoms with E-state index < -0.39 is 0 Å². The molecule has 1 aliphatic rings. The quantitative estimate of drug-likeness (QED) is 0.537. The first-order valence-electron chi connectivity index (χ1n) is 9.22. The van der Waals surface area contributed by atoms with Crippen molar-refractivity contribution in [2.24, 2.45) is 11.8 Å². The van der Waals surface area contributed by atoms with Crippen molar-refractivity contribution in [2.75, 3.05) is 0 Å². The molecule has 0 N–H and O–H groups in total. The van der Waals surface area contributed by atoms with Crippen molar-refractivity contribution in [3.05, 3.63) is 29.6 Å². The number of nitrogens with zero attached hydrogens (tertiary/aromatic N) is 1. The number of pyridine rings is 1. The zero-order chi connectivity index (χ0) is 14.9. The van der Waals surface area contributed by atoms with Gasteiger partial charge >= 0.3 is 0 Å². The first-order valence-corrected chi connectivity index (χ1v) is 9.22. The second-order valence-electron chi connectivity index (χ2n) is 7.10. The van der Waals surface area contributed by atoms with Crippen LogP contribution in [-0.4, -0.2) is 4.98 Å². The molecule has 1 aromatic heterocycles. The highest BCUT2D eigenvalue weighted by Gasteiger charge is 2.17. The van der Waals surface area contributed by atoms with Crippen LogP contribution in [0.25, 0.3) is 0 Å². The fourth-order valence-corrected chi connectivity index (χ4v) is 3.55. The van der Waals surface area contributed by atoms with Crippen molar-refractivity contribution in [2.45, 2.75) is 84.5 Å². The lowest BCUT2D eigenvalue weighted by molar-refractivity contribution is 0.273. The Morgan fingerprint density at radius 3 is 2.29 bits per heavy atom. The molecule has 0 unspecified atom stereocenters. The van der Waals surface area contributed by atoms with Gasteiger partial charge in [-0.3, -0.25) is 4.98 Å². The number of unbranched alkanes of at least 4 members (excludes halogenated alkanes) is 2. The maximum Gasteiger partial charge on any atom is 0.0406 e. The number of aromatic nitrogens is 1. The lowest BCUT2D eigenvalue weighted by Crippen LogP contribution is -2.12. The Labute approximate surface area is 131 Å². The third kappa shape index (κ3) is 6.20. The summed E-state index contributed by atoms with van der Waals surface area (Å²) in [7, 11) is 0. The minimum Gasteiger partial charge on any atom is -0.258 e. The molecule has 1 heterocycles. The Morgan fingerprint density at radius 2 is 1.62 bits per heavy atom. The van der Waals surface area contributed by atoms with Crippen LogP contribution in [0.2, 0.25) is 0 Å². The van der Waals surface area contributed by atoms with Crippen molar-refractivity contribution < 1.29 is 0 Å². The van der Waals surface area contributed by atoms with Gasteiger partial charge in [-0.15, -0.1) is 0 Å². The topological polar surface area (TPSA) is 12.9 Å². The standard InChI is InChI=1S/C20H33N/c1-3-4-5-9-19-11-7-12-20(21-19)10-6-8-18-15-13-17(2)14-16-18/h7,11-12,17-18H,3-6,8-10,13-16H2,1-2H3. The summed E-state index contributed by atoms with van der Waals surface area (Å²) >= 11 is 0. The molecule has 0 aliphatic heterocycles. The van der Waals surface area contributed by atoms with Crippen molar-refractivity contribution in [3.8, 4) is 0 Å². The zero-order valence-corrected chi connectivity index (χ0v) is 14.1. The van der Waals surface area contributed by atoms with Crippen LogP contribution in [0.3, 0.4) is 0 Å². The van der Waals surface area contributed by atoms with Gasteiger partial charge in [-0.2, -0.15) is 0 Å². The van der Waals surface area contributed by atoms with Crippen LogP contribution in [0, 0.1) is 11.8 Å². The number of hydrogen-bond donors (Lipinski definition) is 0. The molecule has 1 nitrogen and oxygen atoms in total. The molecule has 0 amide bonds. The van der Waals surface area contributed by atoms with Gasteiger partial charge in [0.1, 0.15) is 0 Å². The van der Waals surface area contributed by atoms with E-state index >= 15 is 0 Å². The summed E-state index contributed by atoms with van der Waals surface area (Å²) in [5.41, 5.74) is 2.61. The first kappa shape index (κ1) is 16.5. The van der Waals surface area contributed by atoms with Crippen LogP contribution < -0.4 is 0 Å². The molecule has 1 saturated carbocycles. The molecule has 0 saturated heterocycles. The summed E-state index contributed by atoms with van der Waals surface area (Å²) in [5, 5.41) is 0. The first-order chi connectivity index (χ1) is 10.3. The van der Waals surface area contributed by atoms with E-state index in [4.69, 9.17) is 4.98 Å². The molecule has 0 spiro atoms. The summed E-state index contributed by atoms with van der Waals surface area (Å²) in [4.78, 5) is 4.84. The molecular formula is C20H33N. The Bertz CT molecular complexity index is 391. The molecular weight excluding hydrogens is 254 g/mol. The van der Waals surface area contributed by atoms with Crippen LogP contribution in [0.4, 0.5) is 0 Å². The summed E-state index contributed by atoms with van der Waals surface area (Å²) < 4.78 is 0. The molecule has 1 fully saturated rings.